The number of aliphatic hydroxyl groups excluding tert-OH is 5. The molecule has 1 amide bonds. The normalized spacial score (nSPS) is 24.5. The van der Waals surface area contributed by atoms with E-state index in [-0.39, 0.29) is 12.5 Å². The summed E-state index contributed by atoms with van der Waals surface area (Å²) in [5.74, 6) is -0.186. The van der Waals surface area contributed by atoms with Gasteiger partial charge in [-0.1, -0.05) is 116 Å². The van der Waals surface area contributed by atoms with Crippen molar-refractivity contribution in [1.29, 1.82) is 0 Å². The van der Waals surface area contributed by atoms with Crippen LogP contribution in [0.5, 0.6) is 0 Å². The van der Waals surface area contributed by atoms with E-state index >= 15 is 0 Å². The molecule has 0 radical (unpaired) electrons. The predicted octanol–water partition coefficient (Wildman–Crippen LogP) is 4.27. The lowest BCUT2D eigenvalue weighted by Gasteiger charge is -2.40. The van der Waals surface area contributed by atoms with Crippen LogP contribution in [-0.4, -0.2) is 87.5 Å². The van der Waals surface area contributed by atoms with E-state index in [2.05, 4.69) is 19.2 Å². The number of unbranched alkanes of at least 4 members (excludes halogenated alkanes) is 15. The molecule has 9 nitrogen and oxygen atoms in total. The molecule has 1 rings (SSSR count). The van der Waals surface area contributed by atoms with Gasteiger partial charge in [0.05, 0.1) is 25.4 Å². The summed E-state index contributed by atoms with van der Waals surface area (Å²) in [6.45, 7) is 3.67. The molecule has 242 valence electrons. The third-order valence-electron chi connectivity index (χ3n) is 7.86. The smallest absolute Gasteiger partial charge is 0.220 e. The minimum atomic E-state index is -1.56. The van der Waals surface area contributed by atoms with Crippen LogP contribution in [0.15, 0.2) is 12.2 Å². The Balaban J connectivity index is 2.56. The molecule has 0 spiro atoms. The van der Waals surface area contributed by atoms with Crippen molar-refractivity contribution >= 4 is 5.91 Å². The molecule has 0 saturated carbocycles. The number of hydrogen-bond donors (Lipinski definition) is 6. The summed E-state index contributed by atoms with van der Waals surface area (Å²) < 4.78 is 11.1. The molecule has 41 heavy (non-hydrogen) atoms. The maximum absolute atomic E-state index is 12.7. The van der Waals surface area contributed by atoms with Crippen LogP contribution in [-0.2, 0) is 14.3 Å². The summed E-state index contributed by atoms with van der Waals surface area (Å²) in [6, 6.07) is -0.793. The van der Waals surface area contributed by atoms with Gasteiger partial charge in [-0.2, -0.15) is 0 Å². The third kappa shape index (κ3) is 17.0. The van der Waals surface area contributed by atoms with E-state index in [0.717, 1.165) is 38.5 Å². The molecule has 0 aromatic rings. The molecule has 7 atom stereocenters. The predicted molar refractivity (Wildman–Crippen MR) is 161 cm³/mol. The van der Waals surface area contributed by atoms with Crippen LogP contribution >= 0.6 is 0 Å². The third-order valence-corrected chi connectivity index (χ3v) is 7.86. The Bertz CT molecular complexity index is 662. The first-order valence-corrected chi connectivity index (χ1v) is 16.4. The molecule has 1 heterocycles. The van der Waals surface area contributed by atoms with E-state index < -0.39 is 49.5 Å². The molecular formula is C32H61NO8. The highest BCUT2D eigenvalue weighted by Gasteiger charge is 2.44. The summed E-state index contributed by atoms with van der Waals surface area (Å²) >= 11 is 0. The van der Waals surface area contributed by atoms with Crippen molar-refractivity contribution in [1.82, 2.24) is 5.32 Å². The topological polar surface area (TPSA) is 149 Å². The second-order valence-electron chi connectivity index (χ2n) is 11.6. The highest BCUT2D eigenvalue weighted by atomic mass is 16.7. The lowest BCUT2D eigenvalue weighted by molar-refractivity contribution is -0.302. The van der Waals surface area contributed by atoms with E-state index in [4.69, 9.17) is 9.47 Å². The van der Waals surface area contributed by atoms with Gasteiger partial charge >= 0.3 is 0 Å². The monoisotopic (exact) mass is 587 g/mol. The Kier molecular flexibility index (Phi) is 22.6. The number of carbonyl (C=O) groups excluding carboxylic acids is 1. The van der Waals surface area contributed by atoms with Gasteiger partial charge in [0.2, 0.25) is 5.91 Å². The van der Waals surface area contributed by atoms with Crippen LogP contribution in [0.3, 0.4) is 0 Å². The van der Waals surface area contributed by atoms with Gasteiger partial charge in [0, 0.05) is 6.42 Å². The number of aliphatic hydroxyl groups is 5. The largest absolute Gasteiger partial charge is 0.394 e. The van der Waals surface area contributed by atoms with Gasteiger partial charge in [-0.15, -0.1) is 0 Å². The van der Waals surface area contributed by atoms with E-state index in [0.29, 0.717) is 6.42 Å². The van der Waals surface area contributed by atoms with Gasteiger partial charge in [0.25, 0.3) is 0 Å². The van der Waals surface area contributed by atoms with E-state index in [9.17, 15) is 30.3 Å². The first kappa shape index (κ1) is 38.0. The van der Waals surface area contributed by atoms with Crippen molar-refractivity contribution in [3.63, 3.8) is 0 Å². The lowest BCUT2D eigenvalue weighted by Crippen LogP contribution is -2.60. The molecular weight excluding hydrogens is 526 g/mol. The Hall–Kier alpha value is -1.07. The number of rotatable bonds is 25. The van der Waals surface area contributed by atoms with E-state index in [1.54, 1.807) is 6.08 Å². The van der Waals surface area contributed by atoms with Gasteiger partial charge in [-0.25, -0.2) is 0 Å². The standard InChI is InChI=1S/C32H61NO8/c1-3-5-7-9-11-13-14-15-17-19-21-26(35)25(33-28(36)22-20-18-16-12-10-8-6-4-2)24-40-32-31(39)30(38)29(37)27(23-34)41-32/h19,21,25-27,29-32,34-35,37-39H,3-18,20,22-24H2,1-2H3,(H,33,36)/b21-19+/t25-,26+,27+,29-,30?,31?,32+/m0/s1. The van der Waals surface area contributed by atoms with Crippen LogP contribution in [0.1, 0.15) is 129 Å². The molecule has 0 bridgehead atoms. The fourth-order valence-electron chi connectivity index (χ4n) is 5.09. The van der Waals surface area contributed by atoms with Crippen LogP contribution in [0.25, 0.3) is 0 Å². The zero-order valence-electron chi connectivity index (χ0n) is 25.8. The van der Waals surface area contributed by atoms with Crippen LogP contribution in [0.4, 0.5) is 0 Å². The quantitative estimate of drug-likeness (QED) is 0.0685. The molecule has 9 heteroatoms. The Morgan fingerprint density at radius 3 is 1.90 bits per heavy atom. The van der Waals surface area contributed by atoms with E-state index in [1.807, 2.05) is 6.08 Å². The number of carbonyl (C=O) groups is 1. The van der Waals surface area contributed by atoms with Crippen molar-refractivity contribution in [3.05, 3.63) is 12.2 Å². The minimum absolute atomic E-state index is 0.185. The number of amides is 1. The van der Waals surface area contributed by atoms with Crippen molar-refractivity contribution in [2.24, 2.45) is 0 Å². The van der Waals surface area contributed by atoms with Crippen molar-refractivity contribution < 1.29 is 39.8 Å². The van der Waals surface area contributed by atoms with Gasteiger partial charge in [-0.3, -0.25) is 4.79 Å². The van der Waals surface area contributed by atoms with Crippen molar-refractivity contribution in [2.45, 2.75) is 172 Å². The van der Waals surface area contributed by atoms with Crippen LogP contribution in [0, 0.1) is 0 Å². The summed E-state index contributed by atoms with van der Waals surface area (Å²) in [5.41, 5.74) is 0. The van der Waals surface area contributed by atoms with Gasteiger partial charge in [-0.05, 0) is 19.3 Å². The average molecular weight is 588 g/mol. The minimum Gasteiger partial charge on any atom is -0.394 e. The lowest BCUT2D eigenvalue weighted by atomic mass is 9.99. The van der Waals surface area contributed by atoms with Crippen LogP contribution in [0.2, 0.25) is 0 Å². The number of allylic oxidation sites excluding steroid dienone is 1. The van der Waals surface area contributed by atoms with Gasteiger partial charge in [0.15, 0.2) is 6.29 Å². The van der Waals surface area contributed by atoms with Gasteiger partial charge < -0.3 is 40.3 Å². The number of nitrogens with one attached hydrogen (secondary N) is 1. The maximum atomic E-state index is 12.7. The molecule has 1 fully saturated rings. The molecule has 1 aliphatic rings. The Morgan fingerprint density at radius 1 is 0.805 bits per heavy atom. The van der Waals surface area contributed by atoms with Crippen LogP contribution < -0.4 is 5.32 Å². The first-order chi connectivity index (χ1) is 19.8. The van der Waals surface area contributed by atoms with Crippen molar-refractivity contribution in [3.8, 4) is 0 Å². The second-order valence-corrected chi connectivity index (χ2v) is 11.6. The highest BCUT2D eigenvalue weighted by Crippen LogP contribution is 2.22. The molecule has 0 aromatic carbocycles. The Labute approximate surface area is 248 Å². The summed E-state index contributed by atoms with van der Waals surface area (Å²) in [7, 11) is 0. The summed E-state index contributed by atoms with van der Waals surface area (Å²) in [6.07, 6.45) is 15.6. The molecule has 6 N–H and O–H groups in total. The Morgan fingerprint density at radius 2 is 1.34 bits per heavy atom. The zero-order valence-corrected chi connectivity index (χ0v) is 25.8. The fraction of sp³-hybridized carbons (Fsp3) is 0.906. The molecule has 2 unspecified atom stereocenters. The first-order valence-electron chi connectivity index (χ1n) is 16.4. The molecule has 0 aliphatic carbocycles. The number of hydrogen-bond acceptors (Lipinski definition) is 8. The SMILES string of the molecule is CCCCCCCCCC/C=C/[C@@H](O)[C@H](CO[C@@H]1O[C@H](CO)[C@H](O)C(O)C1O)NC(=O)CCCCCCCCCC. The second kappa shape index (κ2) is 24.4. The maximum Gasteiger partial charge on any atom is 0.220 e. The average Bonchev–Trinajstić information content (AvgIpc) is 2.97. The zero-order chi connectivity index (χ0) is 30.3. The molecule has 0 aromatic heterocycles. The van der Waals surface area contributed by atoms with Crippen molar-refractivity contribution in [2.75, 3.05) is 13.2 Å². The summed E-state index contributed by atoms with van der Waals surface area (Å²) in [4.78, 5) is 12.7. The molecule has 1 aliphatic heterocycles. The van der Waals surface area contributed by atoms with Gasteiger partial charge in [0.1, 0.15) is 24.4 Å². The highest BCUT2D eigenvalue weighted by molar-refractivity contribution is 5.76. The van der Waals surface area contributed by atoms with E-state index in [1.165, 1.54) is 70.6 Å². The summed E-state index contributed by atoms with van der Waals surface area (Å²) in [5, 5.41) is 53.5. The number of ether oxygens (including phenoxy) is 2. The fourth-order valence-corrected chi connectivity index (χ4v) is 5.09. The molecule has 1 saturated heterocycles.